The summed E-state index contributed by atoms with van der Waals surface area (Å²) in [5.74, 6) is -2.58. The number of primary amides is 2. The number of hydrogen-bond donors (Lipinski definition) is 3. The van der Waals surface area contributed by atoms with Crippen LogP contribution in [-0.2, 0) is 0 Å². The minimum absolute atomic E-state index is 0.0269. The highest BCUT2D eigenvalue weighted by Gasteiger charge is 2.20. The summed E-state index contributed by atoms with van der Waals surface area (Å²) in [6, 6.07) is 7.40. The molecule has 0 saturated carbocycles. The van der Waals surface area contributed by atoms with Crippen molar-refractivity contribution in [1.82, 2.24) is 0 Å². The van der Waals surface area contributed by atoms with E-state index in [9.17, 15) is 19.1 Å². The molecule has 5 N–H and O–H groups in total. The van der Waals surface area contributed by atoms with Crippen LogP contribution < -0.4 is 11.5 Å². The molecule has 0 aromatic heterocycles. The number of benzene rings is 2. The zero-order valence-corrected chi connectivity index (χ0v) is 10.3. The van der Waals surface area contributed by atoms with E-state index in [2.05, 4.69) is 0 Å². The summed E-state index contributed by atoms with van der Waals surface area (Å²) in [5, 5.41) is 9.46. The van der Waals surface area contributed by atoms with Crippen LogP contribution in [0.25, 0.3) is 11.1 Å². The molecule has 0 saturated heterocycles. The monoisotopic (exact) mass is 274 g/mol. The Labute approximate surface area is 113 Å². The van der Waals surface area contributed by atoms with Crippen molar-refractivity contribution in [2.75, 3.05) is 0 Å². The summed E-state index contributed by atoms with van der Waals surface area (Å²) in [7, 11) is 0. The zero-order valence-electron chi connectivity index (χ0n) is 10.3. The van der Waals surface area contributed by atoms with Crippen LogP contribution >= 0.6 is 0 Å². The zero-order chi connectivity index (χ0) is 14.9. The van der Waals surface area contributed by atoms with Crippen molar-refractivity contribution >= 4 is 11.8 Å². The lowest BCUT2D eigenvalue weighted by Gasteiger charge is -2.12. The third-order valence-corrected chi connectivity index (χ3v) is 2.81. The smallest absolute Gasteiger partial charge is 0.249 e. The fourth-order valence-electron chi connectivity index (χ4n) is 1.96. The van der Waals surface area contributed by atoms with E-state index in [1.54, 1.807) is 0 Å². The van der Waals surface area contributed by atoms with Gasteiger partial charge in [-0.3, -0.25) is 9.59 Å². The second kappa shape index (κ2) is 5.00. The minimum Gasteiger partial charge on any atom is -0.508 e. The van der Waals surface area contributed by atoms with Crippen molar-refractivity contribution in [3.8, 4) is 16.9 Å². The lowest BCUT2D eigenvalue weighted by Crippen LogP contribution is -2.18. The van der Waals surface area contributed by atoms with E-state index < -0.39 is 17.6 Å². The van der Waals surface area contributed by atoms with Crippen LogP contribution in [-0.4, -0.2) is 16.9 Å². The Kier molecular flexibility index (Phi) is 3.39. The summed E-state index contributed by atoms with van der Waals surface area (Å²) < 4.78 is 13.9. The van der Waals surface area contributed by atoms with Gasteiger partial charge in [-0.05, 0) is 30.3 Å². The average Bonchev–Trinajstić information content (AvgIpc) is 2.40. The molecular formula is C14H11FN2O3. The van der Waals surface area contributed by atoms with Gasteiger partial charge in [0.15, 0.2) is 0 Å². The maximum atomic E-state index is 13.9. The number of carbonyl (C=O) groups excluding carboxylic acids is 2. The minimum atomic E-state index is -0.828. The van der Waals surface area contributed by atoms with E-state index in [1.165, 1.54) is 18.2 Å². The van der Waals surface area contributed by atoms with Crippen LogP contribution in [0.5, 0.6) is 5.75 Å². The molecule has 0 fully saturated rings. The quantitative estimate of drug-likeness (QED) is 0.787. The van der Waals surface area contributed by atoms with Gasteiger partial charge in [-0.25, -0.2) is 4.39 Å². The number of halogens is 1. The summed E-state index contributed by atoms with van der Waals surface area (Å²) in [4.78, 5) is 22.9. The molecule has 2 aromatic carbocycles. The molecule has 102 valence electrons. The van der Waals surface area contributed by atoms with Crippen LogP contribution in [0.15, 0.2) is 36.4 Å². The van der Waals surface area contributed by atoms with E-state index in [0.717, 1.165) is 18.2 Å². The molecule has 2 rings (SSSR count). The molecular weight excluding hydrogens is 263 g/mol. The number of carbonyl (C=O) groups is 2. The molecule has 0 aliphatic rings. The lowest BCUT2D eigenvalue weighted by molar-refractivity contribution is 0.0999. The second-order valence-electron chi connectivity index (χ2n) is 4.12. The number of nitrogens with two attached hydrogens (primary N) is 2. The lowest BCUT2D eigenvalue weighted by atomic mass is 9.93. The van der Waals surface area contributed by atoms with Gasteiger partial charge in [0.2, 0.25) is 11.8 Å². The maximum absolute atomic E-state index is 13.9. The third-order valence-electron chi connectivity index (χ3n) is 2.81. The number of aromatic hydroxyl groups is 1. The van der Waals surface area contributed by atoms with Crippen molar-refractivity contribution < 1.29 is 19.1 Å². The molecule has 0 aliphatic heterocycles. The molecule has 5 nitrogen and oxygen atoms in total. The van der Waals surface area contributed by atoms with Gasteiger partial charge in [0.25, 0.3) is 0 Å². The molecule has 6 heteroatoms. The number of rotatable bonds is 3. The molecule has 0 spiro atoms. The van der Waals surface area contributed by atoms with Gasteiger partial charge >= 0.3 is 0 Å². The Morgan fingerprint density at radius 1 is 1.00 bits per heavy atom. The molecule has 0 bridgehead atoms. The maximum Gasteiger partial charge on any atom is 0.249 e. The van der Waals surface area contributed by atoms with Gasteiger partial charge < -0.3 is 16.6 Å². The first-order valence-corrected chi connectivity index (χ1v) is 5.63. The van der Waals surface area contributed by atoms with E-state index in [-0.39, 0.29) is 28.0 Å². The molecule has 20 heavy (non-hydrogen) atoms. The van der Waals surface area contributed by atoms with E-state index in [0.29, 0.717) is 0 Å². The van der Waals surface area contributed by atoms with E-state index in [1.807, 2.05) is 0 Å². The largest absolute Gasteiger partial charge is 0.508 e. The Morgan fingerprint density at radius 2 is 1.55 bits per heavy atom. The van der Waals surface area contributed by atoms with Gasteiger partial charge in [-0.1, -0.05) is 6.07 Å². The van der Waals surface area contributed by atoms with E-state index >= 15 is 0 Å². The Balaban J connectivity index is 2.86. The highest BCUT2D eigenvalue weighted by Crippen LogP contribution is 2.32. The van der Waals surface area contributed by atoms with Gasteiger partial charge in [-0.15, -0.1) is 0 Å². The summed E-state index contributed by atoms with van der Waals surface area (Å²) in [5.41, 5.74) is 10.2. The molecule has 2 amide bonds. The predicted molar refractivity (Wildman–Crippen MR) is 70.5 cm³/mol. The molecule has 0 atom stereocenters. The van der Waals surface area contributed by atoms with Gasteiger partial charge in [-0.2, -0.15) is 0 Å². The normalized spacial score (nSPS) is 10.2. The van der Waals surface area contributed by atoms with Crippen LogP contribution in [0.1, 0.15) is 20.7 Å². The highest BCUT2D eigenvalue weighted by molar-refractivity contribution is 6.08. The molecule has 2 aromatic rings. The average molecular weight is 274 g/mol. The van der Waals surface area contributed by atoms with Gasteiger partial charge in [0, 0.05) is 22.3 Å². The second-order valence-corrected chi connectivity index (χ2v) is 4.12. The fraction of sp³-hybridized carbons (Fsp3) is 0. The number of phenolic OH excluding ortho intramolecular Hbond substituents is 1. The topological polar surface area (TPSA) is 106 Å². The van der Waals surface area contributed by atoms with Gasteiger partial charge in [0.05, 0.1) is 0 Å². The summed E-state index contributed by atoms with van der Waals surface area (Å²) in [6.45, 7) is 0. The highest BCUT2D eigenvalue weighted by atomic mass is 19.1. The Morgan fingerprint density at radius 3 is 2.05 bits per heavy atom. The number of hydrogen-bond acceptors (Lipinski definition) is 3. The first-order valence-electron chi connectivity index (χ1n) is 5.63. The van der Waals surface area contributed by atoms with Crippen LogP contribution in [0, 0.1) is 5.82 Å². The van der Waals surface area contributed by atoms with Crippen molar-refractivity contribution in [2.24, 2.45) is 11.5 Å². The Hall–Kier alpha value is -2.89. The fourth-order valence-corrected chi connectivity index (χ4v) is 1.96. The first-order chi connectivity index (χ1) is 9.41. The third kappa shape index (κ3) is 2.31. The first kappa shape index (κ1) is 13.5. The summed E-state index contributed by atoms with van der Waals surface area (Å²) >= 11 is 0. The van der Waals surface area contributed by atoms with E-state index in [4.69, 9.17) is 11.5 Å². The number of phenols is 1. The van der Waals surface area contributed by atoms with Crippen molar-refractivity contribution in [3.05, 3.63) is 53.3 Å². The molecule has 0 aliphatic carbocycles. The summed E-state index contributed by atoms with van der Waals surface area (Å²) in [6.07, 6.45) is 0. The molecule has 0 heterocycles. The van der Waals surface area contributed by atoms with Crippen LogP contribution in [0.4, 0.5) is 4.39 Å². The SMILES string of the molecule is NC(=O)c1cccc(C(N)=O)c1-c1cc(O)ccc1F. The standard InChI is InChI=1S/C14H11FN2O3/c15-11-5-4-7(18)6-10(11)12-8(13(16)19)2-1-3-9(12)14(17)20/h1-6,18H,(H2,16,19)(H2,17,20). The van der Waals surface area contributed by atoms with Crippen molar-refractivity contribution in [1.29, 1.82) is 0 Å². The molecule has 0 unspecified atom stereocenters. The van der Waals surface area contributed by atoms with Crippen molar-refractivity contribution in [2.45, 2.75) is 0 Å². The van der Waals surface area contributed by atoms with Crippen LogP contribution in [0.2, 0.25) is 0 Å². The van der Waals surface area contributed by atoms with Crippen LogP contribution in [0.3, 0.4) is 0 Å². The number of amides is 2. The molecule has 0 radical (unpaired) electrons. The predicted octanol–water partition coefficient (Wildman–Crippen LogP) is 1.40. The van der Waals surface area contributed by atoms with Crippen molar-refractivity contribution in [3.63, 3.8) is 0 Å². The van der Waals surface area contributed by atoms with Gasteiger partial charge in [0.1, 0.15) is 11.6 Å². The Bertz CT molecular complexity index is 681.